The van der Waals surface area contributed by atoms with E-state index in [1.54, 1.807) is 11.1 Å². The van der Waals surface area contributed by atoms with Crippen LogP contribution in [0.15, 0.2) is 54.7 Å². The third kappa shape index (κ3) is 5.29. The van der Waals surface area contributed by atoms with Crippen molar-refractivity contribution in [3.05, 3.63) is 60.4 Å². The molecule has 142 valence electrons. The third-order valence-corrected chi connectivity index (χ3v) is 4.83. The normalized spacial score (nSPS) is 16.4. The summed E-state index contributed by atoms with van der Waals surface area (Å²) in [4.78, 5) is 32.7. The highest BCUT2D eigenvalue weighted by molar-refractivity contribution is 5.89. The minimum absolute atomic E-state index is 0.0182. The molecule has 6 heteroatoms. The predicted octanol–water partition coefficient (Wildman–Crippen LogP) is 2.07. The fourth-order valence-electron chi connectivity index (χ4n) is 3.27. The largest absolute Gasteiger partial charge is 0.375 e. The average molecular weight is 366 g/mol. The molecule has 0 spiro atoms. The summed E-state index contributed by atoms with van der Waals surface area (Å²) in [6, 6.07) is 15.8. The molecule has 2 aromatic rings. The van der Waals surface area contributed by atoms with Crippen LogP contribution < -0.4 is 10.2 Å². The zero-order chi connectivity index (χ0) is 19.1. The molecule has 0 bridgehead atoms. The molecule has 1 saturated heterocycles. The number of likely N-dealkylation sites (tertiary alicyclic amines) is 1. The zero-order valence-electron chi connectivity index (χ0n) is 15.7. The van der Waals surface area contributed by atoms with Crippen LogP contribution in [0, 0.1) is 5.92 Å². The molecule has 1 aromatic carbocycles. The smallest absolute Gasteiger partial charge is 0.225 e. The van der Waals surface area contributed by atoms with E-state index in [-0.39, 0.29) is 24.2 Å². The van der Waals surface area contributed by atoms with Gasteiger partial charge in [-0.15, -0.1) is 0 Å². The van der Waals surface area contributed by atoms with Crippen molar-refractivity contribution in [1.82, 2.24) is 15.2 Å². The van der Waals surface area contributed by atoms with Gasteiger partial charge in [0.15, 0.2) is 0 Å². The first-order valence-electron chi connectivity index (χ1n) is 9.35. The molecule has 6 nitrogen and oxygen atoms in total. The summed E-state index contributed by atoms with van der Waals surface area (Å²) in [7, 11) is 2.04. The van der Waals surface area contributed by atoms with Gasteiger partial charge in [0, 0.05) is 45.0 Å². The first-order valence-corrected chi connectivity index (χ1v) is 9.35. The van der Waals surface area contributed by atoms with Crippen LogP contribution in [0.25, 0.3) is 0 Å². The lowest BCUT2D eigenvalue weighted by molar-refractivity contribution is -0.129. The molecule has 1 atom stereocenters. The number of anilines is 1. The second kappa shape index (κ2) is 9.16. The van der Waals surface area contributed by atoms with Crippen LogP contribution in [0.2, 0.25) is 0 Å². The topological polar surface area (TPSA) is 65.5 Å². The molecule has 2 heterocycles. The van der Waals surface area contributed by atoms with Crippen LogP contribution in [-0.2, 0) is 16.1 Å². The van der Waals surface area contributed by atoms with Crippen molar-refractivity contribution in [1.29, 1.82) is 0 Å². The lowest BCUT2D eigenvalue weighted by Crippen LogP contribution is -2.34. The Bertz CT molecular complexity index is 751. The second-order valence-corrected chi connectivity index (χ2v) is 6.90. The number of carbonyl (C=O) groups excluding carboxylic acids is 2. The molecular weight excluding hydrogens is 340 g/mol. The van der Waals surface area contributed by atoms with E-state index in [2.05, 4.69) is 27.3 Å². The Labute approximate surface area is 160 Å². The summed E-state index contributed by atoms with van der Waals surface area (Å²) in [6.45, 7) is 2.40. The van der Waals surface area contributed by atoms with Crippen molar-refractivity contribution in [2.24, 2.45) is 5.92 Å². The number of benzene rings is 1. The summed E-state index contributed by atoms with van der Waals surface area (Å²) in [5.74, 6) is -0.285. The first kappa shape index (κ1) is 18.9. The number of hydrogen-bond acceptors (Lipinski definition) is 4. The van der Waals surface area contributed by atoms with Gasteiger partial charge in [-0.1, -0.05) is 24.3 Å². The van der Waals surface area contributed by atoms with Crippen molar-refractivity contribution >= 4 is 17.5 Å². The van der Waals surface area contributed by atoms with Gasteiger partial charge in [-0.05, 0) is 30.7 Å². The molecule has 1 unspecified atom stereocenters. The number of carbonyl (C=O) groups is 2. The van der Waals surface area contributed by atoms with E-state index in [9.17, 15) is 9.59 Å². The Balaban J connectivity index is 1.39. The minimum atomic E-state index is -0.270. The van der Waals surface area contributed by atoms with Crippen LogP contribution in [0.3, 0.4) is 0 Å². The van der Waals surface area contributed by atoms with Crippen LogP contribution in [0.1, 0.15) is 18.5 Å². The van der Waals surface area contributed by atoms with Gasteiger partial charge in [-0.2, -0.15) is 0 Å². The molecule has 27 heavy (non-hydrogen) atoms. The number of hydrogen-bond donors (Lipinski definition) is 1. The molecule has 0 radical (unpaired) electrons. The molecule has 1 fully saturated rings. The maximum absolute atomic E-state index is 12.4. The first-order chi connectivity index (χ1) is 13.1. The van der Waals surface area contributed by atoms with Gasteiger partial charge in [0.1, 0.15) is 0 Å². The Morgan fingerprint density at radius 2 is 2.00 bits per heavy atom. The van der Waals surface area contributed by atoms with Gasteiger partial charge < -0.3 is 15.1 Å². The molecule has 1 aliphatic heterocycles. The van der Waals surface area contributed by atoms with E-state index >= 15 is 0 Å². The van der Waals surface area contributed by atoms with E-state index in [1.807, 2.05) is 43.4 Å². The summed E-state index contributed by atoms with van der Waals surface area (Å²) in [6.07, 6.45) is 2.85. The van der Waals surface area contributed by atoms with Crippen molar-refractivity contribution in [2.45, 2.75) is 19.4 Å². The van der Waals surface area contributed by atoms with Crippen molar-refractivity contribution in [3.8, 4) is 0 Å². The molecule has 1 aliphatic rings. The molecule has 0 saturated carbocycles. The van der Waals surface area contributed by atoms with Gasteiger partial charge in [0.05, 0.1) is 18.2 Å². The van der Waals surface area contributed by atoms with E-state index in [0.717, 1.165) is 24.3 Å². The van der Waals surface area contributed by atoms with Crippen molar-refractivity contribution < 1.29 is 9.59 Å². The highest BCUT2D eigenvalue weighted by Crippen LogP contribution is 2.20. The van der Waals surface area contributed by atoms with Crippen LogP contribution in [-0.4, -0.2) is 48.4 Å². The average Bonchev–Trinajstić information content (AvgIpc) is 3.07. The van der Waals surface area contributed by atoms with Gasteiger partial charge in [0.2, 0.25) is 11.8 Å². The van der Waals surface area contributed by atoms with E-state index in [0.29, 0.717) is 19.6 Å². The number of nitrogens with one attached hydrogen (secondary N) is 1. The number of amides is 2. The quantitative estimate of drug-likeness (QED) is 0.727. The number of aromatic nitrogens is 1. The van der Waals surface area contributed by atoms with Gasteiger partial charge in [-0.25, -0.2) is 0 Å². The zero-order valence-corrected chi connectivity index (χ0v) is 15.7. The second-order valence-electron chi connectivity index (χ2n) is 6.90. The maximum atomic E-state index is 12.4. The highest BCUT2D eigenvalue weighted by atomic mass is 16.2. The number of pyridine rings is 1. The molecule has 1 aromatic heterocycles. The van der Waals surface area contributed by atoms with Crippen molar-refractivity contribution in [3.63, 3.8) is 0 Å². The third-order valence-electron chi connectivity index (χ3n) is 4.83. The summed E-state index contributed by atoms with van der Waals surface area (Å²) >= 11 is 0. The Morgan fingerprint density at radius 3 is 2.74 bits per heavy atom. The maximum Gasteiger partial charge on any atom is 0.225 e. The summed E-state index contributed by atoms with van der Waals surface area (Å²) in [5.41, 5.74) is 2.01. The van der Waals surface area contributed by atoms with Crippen molar-refractivity contribution in [2.75, 3.05) is 31.6 Å². The Kier molecular flexibility index (Phi) is 6.41. The van der Waals surface area contributed by atoms with Gasteiger partial charge in [0.25, 0.3) is 0 Å². The fraction of sp³-hybridized carbons (Fsp3) is 0.381. The van der Waals surface area contributed by atoms with Crippen LogP contribution in [0.4, 0.5) is 5.69 Å². The molecule has 0 aliphatic carbocycles. The monoisotopic (exact) mass is 366 g/mol. The molecule has 1 N–H and O–H groups in total. The fourth-order valence-corrected chi connectivity index (χ4v) is 3.27. The van der Waals surface area contributed by atoms with Gasteiger partial charge >= 0.3 is 0 Å². The minimum Gasteiger partial charge on any atom is -0.375 e. The highest BCUT2D eigenvalue weighted by Gasteiger charge is 2.34. The Morgan fingerprint density at radius 1 is 1.22 bits per heavy atom. The summed E-state index contributed by atoms with van der Waals surface area (Å²) < 4.78 is 0. The van der Waals surface area contributed by atoms with Crippen LogP contribution >= 0.6 is 0 Å². The van der Waals surface area contributed by atoms with Crippen LogP contribution in [0.5, 0.6) is 0 Å². The standard InChI is InChI=1S/C21H26N4O2/c1-24(19-9-3-2-4-10-19)13-7-12-23-21(27)17-14-20(26)25(15-17)16-18-8-5-6-11-22-18/h2-6,8-11,17H,7,12-16H2,1H3,(H,23,27). The molecular formula is C21H26N4O2. The lowest BCUT2D eigenvalue weighted by atomic mass is 10.1. The van der Waals surface area contributed by atoms with E-state index in [1.165, 1.54) is 0 Å². The van der Waals surface area contributed by atoms with E-state index in [4.69, 9.17) is 0 Å². The lowest BCUT2D eigenvalue weighted by Gasteiger charge is -2.19. The molecule has 2 amide bonds. The van der Waals surface area contributed by atoms with E-state index < -0.39 is 0 Å². The Hall–Kier alpha value is -2.89. The number of nitrogens with zero attached hydrogens (tertiary/aromatic N) is 3. The number of para-hydroxylation sites is 1. The van der Waals surface area contributed by atoms with Gasteiger partial charge in [-0.3, -0.25) is 14.6 Å². The molecule has 3 rings (SSSR count). The SMILES string of the molecule is CN(CCCNC(=O)C1CC(=O)N(Cc2ccccn2)C1)c1ccccc1. The summed E-state index contributed by atoms with van der Waals surface area (Å²) in [5, 5.41) is 2.98. The number of rotatable bonds is 8. The predicted molar refractivity (Wildman–Crippen MR) is 105 cm³/mol.